The molecule has 0 N–H and O–H groups in total. The molecule has 4 aromatic carbocycles. The van der Waals surface area contributed by atoms with Gasteiger partial charge in [0.25, 0.3) is 0 Å². The van der Waals surface area contributed by atoms with E-state index < -0.39 is 0 Å². The maximum atomic E-state index is 10.3. The van der Waals surface area contributed by atoms with Gasteiger partial charge in [-0.25, -0.2) is 0 Å². The first-order valence-electron chi connectivity index (χ1n) is 11.3. The van der Waals surface area contributed by atoms with E-state index in [4.69, 9.17) is 0 Å². The number of nitriles is 1. The molecule has 2 heteroatoms. The van der Waals surface area contributed by atoms with E-state index >= 15 is 0 Å². The lowest BCUT2D eigenvalue weighted by Crippen LogP contribution is -2.30. The van der Waals surface area contributed by atoms with Crippen LogP contribution in [0.5, 0.6) is 0 Å². The first-order valence-corrected chi connectivity index (χ1v) is 11.3. The SMILES string of the molecule is N#Cc1c(N2CCCCC2)cc(-c2ccc3ccccc3c2)c2c1-c1ccccc1C2. The molecule has 0 unspecified atom stereocenters. The predicted molar refractivity (Wildman–Crippen MR) is 128 cm³/mol. The van der Waals surface area contributed by atoms with Crippen molar-refractivity contribution in [2.24, 2.45) is 0 Å². The summed E-state index contributed by atoms with van der Waals surface area (Å²) < 4.78 is 0. The molecular weight excluding hydrogens is 376 g/mol. The molecule has 1 heterocycles. The van der Waals surface area contributed by atoms with Gasteiger partial charge in [0.2, 0.25) is 0 Å². The molecule has 0 spiro atoms. The highest BCUT2D eigenvalue weighted by molar-refractivity contribution is 5.95. The van der Waals surface area contributed by atoms with Crippen molar-refractivity contribution < 1.29 is 0 Å². The molecule has 2 aliphatic rings. The van der Waals surface area contributed by atoms with Crippen molar-refractivity contribution in [1.82, 2.24) is 0 Å². The molecule has 2 nitrogen and oxygen atoms in total. The van der Waals surface area contributed by atoms with E-state index in [0.29, 0.717) is 0 Å². The van der Waals surface area contributed by atoms with Gasteiger partial charge in [0.1, 0.15) is 6.07 Å². The summed E-state index contributed by atoms with van der Waals surface area (Å²) in [5.74, 6) is 0. The molecule has 1 aliphatic heterocycles. The predicted octanol–water partition coefficient (Wildman–Crippen LogP) is 6.94. The zero-order chi connectivity index (χ0) is 20.8. The van der Waals surface area contributed by atoms with Gasteiger partial charge < -0.3 is 4.90 Å². The summed E-state index contributed by atoms with van der Waals surface area (Å²) in [6, 6.07) is 28.8. The summed E-state index contributed by atoms with van der Waals surface area (Å²) >= 11 is 0. The molecule has 6 rings (SSSR count). The Morgan fingerprint density at radius 1 is 0.742 bits per heavy atom. The van der Waals surface area contributed by atoms with Crippen molar-refractivity contribution in [2.45, 2.75) is 25.7 Å². The zero-order valence-corrected chi connectivity index (χ0v) is 17.6. The van der Waals surface area contributed by atoms with E-state index in [2.05, 4.69) is 83.8 Å². The molecule has 1 saturated heterocycles. The fourth-order valence-electron chi connectivity index (χ4n) is 5.41. The highest BCUT2D eigenvalue weighted by atomic mass is 15.1. The summed E-state index contributed by atoms with van der Waals surface area (Å²) in [7, 11) is 0. The van der Waals surface area contributed by atoms with E-state index in [1.165, 1.54) is 57.9 Å². The van der Waals surface area contributed by atoms with Crippen molar-refractivity contribution in [3.05, 3.63) is 89.5 Å². The first kappa shape index (κ1) is 18.2. The third-order valence-electron chi connectivity index (χ3n) is 6.94. The highest BCUT2D eigenvalue weighted by Gasteiger charge is 2.29. The number of nitrogens with zero attached hydrogens (tertiary/aromatic N) is 2. The Balaban J connectivity index is 1.63. The lowest BCUT2D eigenvalue weighted by molar-refractivity contribution is 0.577. The Hall–Kier alpha value is -3.57. The first-order chi connectivity index (χ1) is 15.3. The Kier molecular flexibility index (Phi) is 4.28. The minimum absolute atomic E-state index is 0.853. The van der Waals surface area contributed by atoms with Gasteiger partial charge in [-0.05, 0) is 76.4 Å². The van der Waals surface area contributed by atoms with E-state index in [9.17, 15) is 5.26 Å². The second kappa shape index (κ2) is 7.29. The van der Waals surface area contributed by atoms with E-state index in [1.807, 2.05) is 0 Å². The van der Waals surface area contributed by atoms with Crippen LogP contribution in [0.15, 0.2) is 72.8 Å². The second-order valence-electron chi connectivity index (χ2n) is 8.73. The fourth-order valence-corrected chi connectivity index (χ4v) is 5.41. The van der Waals surface area contributed by atoms with Crippen molar-refractivity contribution in [1.29, 1.82) is 5.26 Å². The molecule has 31 heavy (non-hydrogen) atoms. The summed E-state index contributed by atoms with van der Waals surface area (Å²) in [4.78, 5) is 2.44. The van der Waals surface area contributed by atoms with Crippen molar-refractivity contribution >= 4 is 16.5 Å². The van der Waals surface area contributed by atoms with Crippen LogP contribution >= 0.6 is 0 Å². The fraction of sp³-hybridized carbons (Fsp3) is 0.207. The van der Waals surface area contributed by atoms with Gasteiger partial charge in [0.15, 0.2) is 0 Å². The van der Waals surface area contributed by atoms with Gasteiger partial charge in [-0.2, -0.15) is 5.26 Å². The molecule has 0 saturated carbocycles. The molecule has 1 fully saturated rings. The van der Waals surface area contributed by atoms with E-state index in [0.717, 1.165) is 36.3 Å². The number of hydrogen-bond donors (Lipinski definition) is 0. The highest BCUT2D eigenvalue weighted by Crippen LogP contribution is 2.47. The van der Waals surface area contributed by atoms with Crippen molar-refractivity contribution in [3.63, 3.8) is 0 Å². The monoisotopic (exact) mass is 400 g/mol. The van der Waals surface area contributed by atoms with Crippen molar-refractivity contribution in [3.8, 4) is 28.3 Å². The molecule has 1 aliphatic carbocycles. The van der Waals surface area contributed by atoms with Gasteiger partial charge in [-0.1, -0.05) is 60.7 Å². The third-order valence-corrected chi connectivity index (χ3v) is 6.94. The molecule has 0 bridgehead atoms. The summed E-state index contributed by atoms with van der Waals surface area (Å²) in [5, 5.41) is 12.8. The Bertz CT molecular complexity index is 1350. The minimum atomic E-state index is 0.853. The Morgan fingerprint density at radius 2 is 1.52 bits per heavy atom. The van der Waals surface area contributed by atoms with Crippen LogP contribution < -0.4 is 4.90 Å². The average Bonchev–Trinajstić information content (AvgIpc) is 3.23. The van der Waals surface area contributed by atoms with Crippen LogP contribution in [-0.2, 0) is 6.42 Å². The summed E-state index contributed by atoms with van der Waals surface area (Å²) in [5.41, 5.74) is 9.49. The van der Waals surface area contributed by atoms with Gasteiger partial charge in [0.05, 0.1) is 11.3 Å². The average molecular weight is 401 g/mol. The smallest absolute Gasteiger partial charge is 0.102 e. The third kappa shape index (κ3) is 2.93. The molecule has 150 valence electrons. The standard InChI is InChI=1S/C29H24N2/c30-19-27-28(31-14-6-1-7-15-31)18-25(23-13-12-20-8-2-3-9-21(20)16-23)26-17-22-10-4-5-11-24(22)29(26)27/h2-5,8-13,16,18H,1,6-7,14-15,17H2. The van der Waals surface area contributed by atoms with Crippen LogP contribution in [-0.4, -0.2) is 13.1 Å². The number of rotatable bonds is 2. The molecule has 4 aromatic rings. The van der Waals surface area contributed by atoms with Crippen LogP contribution in [0.1, 0.15) is 36.0 Å². The van der Waals surface area contributed by atoms with Crippen LogP contribution in [0.3, 0.4) is 0 Å². The number of fused-ring (bicyclic) bond motifs is 4. The Morgan fingerprint density at radius 3 is 2.35 bits per heavy atom. The van der Waals surface area contributed by atoms with Gasteiger partial charge in [-0.3, -0.25) is 0 Å². The Labute approximate surface area is 183 Å². The van der Waals surface area contributed by atoms with Crippen LogP contribution in [0.2, 0.25) is 0 Å². The maximum Gasteiger partial charge on any atom is 0.102 e. The number of piperidine rings is 1. The number of hydrogen-bond acceptors (Lipinski definition) is 2. The lowest BCUT2D eigenvalue weighted by atomic mass is 9.89. The molecular formula is C29H24N2. The van der Waals surface area contributed by atoms with E-state index in [1.54, 1.807) is 0 Å². The van der Waals surface area contributed by atoms with Crippen LogP contribution in [0.25, 0.3) is 33.0 Å². The largest absolute Gasteiger partial charge is 0.370 e. The van der Waals surface area contributed by atoms with Gasteiger partial charge >= 0.3 is 0 Å². The topological polar surface area (TPSA) is 27.0 Å². The number of anilines is 1. The normalized spacial score (nSPS) is 14.9. The lowest BCUT2D eigenvalue weighted by Gasteiger charge is -2.31. The molecule has 0 atom stereocenters. The molecule has 0 radical (unpaired) electrons. The van der Waals surface area contributed by atoms with Crippen LogP contribution in [0, 0.1) is 11.3 Å². The second-order valence-corrected chi connectivity index (χ2v) is 8.73. The van der Waals surface area contributed by atoms with Crippen LogP contribution in [0.4, 0.5) is 5.69 Å². The van der Waals surface area contributed by atoms with Gasteiger partial charge in [-0.15, -0.1) is 0 Å². The van der Waals surface area contributed by atoms with Gasteiger partial charge in [0, 0.05) is 18.7 Å². The van der Waals surface area contributed by atoms with E-state index in [-0.39, 0.29) is 0 Å². The quantitative estimate of drug-likeness (QED) is 0.321. The summed E-state index contributed by atoms with van der Waals surface area (Å²) in [6.07, 6.45) is 4.57. The maximum absolute atomic E-state index is 10.3. The minimum Gasteiger partial charge on any atom is -0.370 e. The summed E-state index contributed by atoms with van der Waals surface area (Å²) in [6.45, 7) is 2.07. The molecule has 0 aromatic heterocycles. The van der Waals surface area contributed by atoms with Crippen molar-refractivity contribution in [2.75, 3.05) is 18.0 Å². The zero-order valence-electron chi connectivity index (χ0n) is 17.6. The molecule has 0 amide bonds. The number of benzene rings is 4.